The van der Waals surface area contributed by atoms with Gasteiger partial charge >= 0.3 is 0 Å². The van der Waals surface area contributed by atoms with Gasteiger partial charge in [0.1, 0.15) is 5.75 Å². The number of unbranched alkanes of at least 4 members (excludes halogenated alkanes) is 3. The fraction of sp³-hybridized carbons (Fsp3) is 0.250. The van der Waals surface area contributed by atoms with E-state index in [1.165, 1.54) is 30.0 Å². The highest BCUT2D eigenvalue weighted by molar-refractivity contribution is 5.88. The minimum absolute atomic E-state index is 0.827. The predicted molar refractivity (Wildman–Crippen MR) is 132 cm³/mol. The van der Waals surface area contributed by atoms with E-state index < -0.39 is 0 Å². The van der Waals surface area contributed by atoms with Crippen LogP contribution in [0.2, 0.25) is 0 Å². The third-order valence-electron chi connectivity index (χ3n) is 5.15. The summed E-state index contributed by atoms with van der Waals surface area (Å²) in [6.07, 6.45) is 14.8. The van der Waals surface area contributed by atoms with Gasteiger partial charge in [0.25, 0.3) is 0 Å². The van der Waals surface area contributed by atoms with Crippen molar-refractivity contribution in [2.45, 2.75) is 32.6 Å². The highest BCUT2D eigenvalue weighted by atomic mass is 16.5. The van der Waals surface area contributed by atoms with Crippen molar-refractivity contribution in [1.82, 2.24) is 9.88 Å². The van der Waals surface area contributed by atoms with Gasteiger partial charge in [-0.15, -0.1) is 0 Å². The fourth-order valence-electron chi connectivity index (χ4n) is 3.48. The lowest BCUT2D eigenvalue weighted by Gasteiger charge is -2.23. The third kappa shape index (κ3) is 6.58. The van der Waals surface area contributed by atoms with E-state index in [1.807, 2.05) is 36.6 Å². The monoisotopic (exact) mass is 412 g/mol. The second-order valence-corrected chi connectivity index (χ2v) is 7.42. The molecule has 4 rings (SSSR count). The molecule has 1 aromatic heterocycles. The first kappa shape index (κ1) is 22.4. The van der Waals surface area contributed by atoms with Crippen LogP contribution in [0.3, 0.4) is 0 Å². The summed E-state index contributed by atoms with van der Waals surface area (Å²) in [7, 11) is 0. The zero-order chi connectivity index (χ0) is 21.7. The Labute approximate surface area is 186 Å². The lowest BCUT2D eigenvalue weighted by molar-refractivity contribution is 0.308. The lowest BCUT2D eigenvalue weighted by atomic mass is 10.1. The van der Waals surface area contributed by atoms with Crippen molar-refractivity contribution in [2.75, 3.05) is 13.2 Å². The van der Waals surface area contributed by atoms with E-state index in [-0.39, 0.29) is 0 Å². The molecule has 1 aliphatic rings. The maximum Gasteiger partial charge on any atom is 0.127 e. The van der Waals surface area contributed by atoms with Crippen LogP contribution >= 0.6 is 0 Å². The van der Waals surface area contributed by atoms with Crippen LogP contribution in [0.25, 0.3) is 16.5 Å². The first-order valence-corrected chi connectivity index (χ1v) is 11.1. The minimum atomic E-state index is 0.827. The molecule has 0 fully saturated rings. The SMILES string of the molecule is C=CN1CC=CC=C1c1ccccn1.CCCCCCOc1cccc2ccccc12. The number of ether oxygens (including phenoxy) is 1. The van der Waals surface area contributed by atoms with E-state index in [2.05, 4.69) is 71.9 Å². The van der Waals surface area contributed by atoms with Crippen LogP contribution in [-0.4, -0.2) is 23.0 Å². The molecule has 31 heavy (non-hydrogen) atoms. The van der Waals surface area contributed by atoms with Crippen molar-refractivity contribution in [2.24, 2.45) is 0 Å². The molecule has 3 nitrogen and oxygen atoms in total. The number of fused-ring (bicyclic) bond motifs is 1. The standard InChI is InChI=1S/C16H20O.C12H12N2/c1-2-3-4-7-13-17-16-12-8-10-14-9-5-6-11-15(14)16;1-2-14-10-6-4-8-12(14)11-7-3-5-9-13-11/h5-6,8-12H,2-4,7,13H2,1H3;2-9H,1,10H2. The van der Waals surface area contributed by atoms with Crippen molar-refractivity contribution in [3.63, 3.8) is 0 Å². The number of pyridine rings is 1. The zero-order valence-corrected chi connectivity index (χ0v) is 18.4. The number of benzene rings is 2. The second kappa shape index (κ2) is 12.4. The molecule has 0 saturated carbocycles. The second-order valence-electron chi connectivity index (χ2n) is 7.42. The number of allylic oxidation sites excluding steroid dienone is 2. The molecule has 0 atom stereocenters. The van der Waals surface area contributed by atoms with Crippen LogP contribution in [-0.2, 0) is 0 Å². The van der Waals surface area contributed by atoms with Crippen molar-refractivity contribution < 1.29 is 4.74 Å². The van der Waals surface area contributed by atoms with E-state index in [0.29, 0.717) is 0 Å². The zero-order valence-electron chi connectivity index (χ0n) is 18.4. The van der Waals surface area contributed by atoms with Crippen molar-refractivity contribution in [3.05, 3.63) is 104 Å². The fourth-order valence-corrected chi connectivity index (χ4v) is 3.48. The molecule has 0 bridgehead atoms. The number of hydrogen-bond acceptors (Lipinski definition) is 3. The van der Waals surface area contributed by atoms with Crippen LogP contribution in [0.4, 0.5) is 0 Å². The summed E-state index contributed by atoms with van der Waals surface area (Å²) < 4.78 is 5.87. The average Bonchev–Trinajstić information content (AvgIpc) is 2.85. The maximum absolute atomic E-state index is 5.87. The van der Waals surface area contributed by atoms with E-state index in [1.54, 1.807) is 6.20 Å². The van der Waals surface area contributed by atoms with Crippen LogP contribution < -0.4 is 4.74 Å². The molecule has 0 radical (unpaired) electrons. The first-order chi connectivity index (χ1) is 15.3. The van der Waals surface area contributed by atoms with Crippen LogP contribution in [0.5, 0.6) is 5.75 Å². The van der Waals surface area contributed by atoms with Gasteiger partial charge in [-0.25, -0.2) is 0 Å². The molecular formula is C28H32N2O. The molecule has 0 N–H and O–H groups in total. The Morgan fingerprint density at radius 2 is 1.84 bits per heavy atom. The van der Waals surface area contributed by atoms with E-state index in [9.17, 15) is 0 Å². The predicted octanol–water partition coefficient (Wildman–Crippen LogP) is 7.24. The molecule has 0 unspecified atom stereocenters. The third-order valence-corrected chi connectivity index (χ3v) is 5.15. The van der Waals surface area contributed by atoms with Gasteiger partial charge in [0, 0.05) is 18.1 Å². The minimum Gasteiger partial charge on any atom is -0.493 e. The molecule has 2 heterocycles. The van der Waals surface area contributed by atoms with Gasteiger partial charge in [-0.1, -0.05) is 87.4 Å². The van der Waals surface area contributed by atoms with E-state index in [4.69, 9.17) is 4.74 Å². The quantitative estimate of drug-likeness (QED) is 0.365. The normalized spacial score (nSPS) is 12.7. The molecule has 1 aliphatic heterocycles. The topological polar surface area (TPSA) is 25.4 Å². The summed E-state index contributed by atoms with van der Waals surface area (Å²) in [6.45, 7) is 7.71. The molecule has 3 heteroatoms. The van der Waals surface area contributed by atoms with Crippen LogP contribution in [0.1, 0.15) is 38.3 Å². The number of hydrogen-bond donors (Lipinski definition) is 0. The van der Waals surface area contributed by atoms with Gasteiger partial charge in [0.05, 0.1) is 18.0 Å². The molecule has 0 aliphatic carbocycles. The molecule has 0 saturated heterocycles. The summed E-state index contributed by atoms with van der Waals surface area (Å²) in [5.74, 6) is 1.01. The van der Waals surface area contributed by atoms with Gasteiger partial charge in [-0.2, -0.15) is 0 Å². The molecular weight excluding hydrogens is 380 g/mol. The lowest BCUT2D eigenvalue weighted by Crippen LogP contribution is -2.17. The number of rotatable bonds is 8. The van der Waals surface area contributed by atoms with Gasteiger partial charge in [-0.3, -0.25) is 4.98 Å². The maximum atomic E-state index is 5.87. The number of aromatic nitrogens is 1. The van der Waals surface area contributed by atoms with Crippen LogP contribution in [0.15, 0.2) is 97.9 Å². The smallest absolute Gasteiger partial charge is 0.127 e. The molecule has 0 amide bonds. The van der Waals surface area contributed by atoms with Crippen LogP contribution in [0, 0.1) is 0 Å². The van der Waals surface area contributed by atoms with Gasteiger partial charge in [0.15, 0.2) is 0 Å². The van der Waals surface area contributed by atoms with E-state index >= 15 is 0 Å². The van der Waals surface area contributed by atoms with Gasteiger partial charge < -0.3 is 9.64 Å². The summed E-state index contributed by atoms with van der Waals surface area (Å²) in [5, 5.41) is 2.46. The first-order valence-electron chi connectivity index (χ1n) is 11.1. The summed E-state index contributed by atoms with van der Waals surface area (Å²) in [4.78, 5) is 6.38. The molecule has 160 valence electrons. The van der Waals surface area contributed by atoms with Gasteiger partial charge in [-0.05, 0) is 42.3 Å². The Balaban J connectivity index is 0.000000179. The highest BCUT2D eigenvalue weighted by Crippen LogP contribution is 2.25. The van der Waals surface area contributed by atoms with Crippen molar-refractivity contribution in [3.8, 4) is 5.75 Å². The van der Waals surface area contributed by atoms with E-state index in [0.717, 1.165) is 36.7 Å². The summed E-state index contributed by atoms with van der Waals surface area (Å²) in [6, 6.07) is 20.5. The summed E-state index contributed by atoms with van der Waals surface area (Å²) >= 11 is 0. The molecule has 0 spiro atoms. The van der Waals surface area contributed by atoms with Crippen molar-refractivity contribution >= 4 is 16.5 Å². The summed E-state index contributed by atoms with van der Waals surface area (Å²) in [5.41, 5.74) is 2.08. The Morgan fingerprint density at radius 3 is 2.65 bits per heavy atom. The largest absolute Gasteiger partial charge is 0.493 e. The number of nitrogens with zero attached hydrogens (tertiary/aromatic N) is 2. The highest BCUT2D eigenvalue weighted by Gasteiger charge is 2.09. The molecule has 2 aromatic carbocycles. The Morgan fingerprint density at radius 1 is 1.00 bits per heavy atom. The van der Waals surface area contributed by atoms with Crippen molar-refractivity contribution in [1.29, 1.82) is 0 Å². The Hall–Kier alpha value is -3.33. The molecule has 3 aromatic rings. The Kier molecular flexibility index (Phi) is 8.93. The Bertz CT molecular complexity index is 1000. The van der Waals surface area contributed by atoms with Gasteiger partial charge in [0.2, 0.25) is 0 Å². The average molecular weight is 413 g/mol.